The van der Waals surface area contributed by atoms with Crippen molar-refractivity contribution in [2.45, 2.75) is 37.9 Å². The van der Waals surface area contributed by atoms with Crippen molar-refractivity contribution < 1.29 is 0 Å². The van der Waals surface area contributed by atoms with Crippen molar-refractivity contribution in [3.63, 3.8) is 0 Å². The van der Waals surface area contributed by atoms with Crippen LogP contribution >= 0.6 is 15.9 Å². The first-order chi connectivity index (χ1) is 8.72. The fourth-order valence-corrected chi connectivity index (χ4v) is 3.86. The van der Waals surface area contributed by atoms with Crippen LogP contribution in [-0.2, 0) is 6.54 Å². The molecule has 2 fully saturated rings. The quantitative estimate of drug-likeness (QED) is 0.828. The molecule has 2 aliphatic heterocycles. The minimum Gasteiger partial charge on any atom is -0.299 e. The normalized spacial score (nSPS) is 29.4. The summed E-state index contributed by atoms with van der Waals surface area (Å²) in [6.45, 7) is 3.58. The Bertz CT molecular complexity index is 421. The first-order valence-corrected chi connectivity index (χ1v) is 7.70. The van der Waals surface area contributed by atoms with E-state index in [1.54, 1.807) is 0 Å². The lowest BCUT2D eigenvalue weighted by atomic mass is 10.1. The third-order valence-electron chi connectivity index (χ3n) is 4.53. The molecule has 0 aliphatic carbocycles. The zero-order valence-electron chi connectivity index (χ0n) is 11.0. The van der Waals surface area contributed by atoms with Crippen molar-refractivity contribution in [1.29, 1.82) is 0 Å². The van der Waals surface area contributed by atoms with Gasteiger partial charge in [0, 0.05) is 36.2 Å². The molecule has 2 aliphatic rings. The fraction of sp³-hybridized carbons (Fsp3) is 0.600. The van der Waals surface area contributed by atoms with Crippen LogP contribution in [0.5, 0.6) is 0 Å². The molecule has 2 heterocycles. The first-order valence-electron chi connectivity index (χ1n) is 6.91. The number of nitrogens with zero attached hydrogens (tertiary/aromatic N) is 2. The molecular formula is C15H21BrN2. The maximum Gasteiger partial charge on any atom is 0.0234 e. The maximum atomic E-state index is 3.56. The average molecular weight is 309 g/mol. The third-order valence-corrected chi connectivity index (χ3v) is 5.02. The number of halogens is 1. The molecular weight excluding hydrogens is 288 g/mol. The predicted molar refractivity (Wildman–Crippen MR) is 78.6 cm³/mol. The highest BCUT2D eigenvalue weighted by atomic mass is 79.9. The average Bonchev–Trinajstić information content (AvgIpc) is 2.58. The predicted octanol–water partition coefficient (Wildman–Crippen LogP) is 3.12. The number of likely N-dealkylation sites (N-methyl/N-ethyl adjacent to an activating group) is 1. The van der Waals surface area contributed by atoms with Gasteiger partial charge >= 0.3 is 0 Å². The van der Waals surface area contributed by atoms with Crippen LogP contribution < -0.4 is 0 Å². The third kappa shape index (κ3) is 2.63. The van der Waals surface area contributed by atoms with Gasteiger partial charge in [-0.1, -0.05) is 28.1 Å². The summed E-state index contributed by atoms with van der Waals surface area (Å²) in [4.78, 5) is 5.24. The molecule has 0 saturated carbocycles. The zero-order valence-corrected chi connectivity index (χ0v) is 12.6. The van der Waals surface area contributed by atoms with Gasteiger partial charge in [-0.2, -0.15) is 0 Å². The Balaban J connectivity index is 1.67. The van der Waals surface area contributed by atoms with E-state index >= 15 is 0 Å². The Hall–Kier alpha value is -0.380. The molecule has 0 aromatic heterocycles. The van der Waals surface area contributed by atoms with Gasteiger partial charge in [0.05, 0.1) is 0 Å². The Kier molecular flexibility index (Phi) is 3.73. The van der Waals surface area contributed by atoms with Gasteiger partial charge in [-0.3, -0.25) is 9.80 Å². The molecule has 3 heteroatoms. The molecule has 0 spiro atoms. The van der Waals surface area contributed by atoms with Crippen LogP contribution in [0.25, 0.3) is 0 Å². The molecule has 2 atom stereocenters. The van der Waals surface area contributed by atoms with Crippen LogP contribution in [0.15, 0.2) is 28.7 Å². The van der Waals surface area contributed by atoms with Crippen LogP contribution in [0.3, 0.4) is 0 Å². The van der Waals surface area contributed by atoms with Crippen molar-refractivity contribution in [3.8, 4) is 0 Å². The number of benzene rings is 1. The van der Waals surface area contributed by atoms with E-state index in [1.165, 1.54) is 42.4 Å². The second kappa shape index (κ2) is 5.32. The van der Waals surface area contributed by atoms with E-state index in [1.807, 2.05) is 0 Å². The van der Waals surface area contributed by atoms with E-state index in [4.69, 9.17) is 0 Å². The molecule has 1 aromatic carbocycles. The van der Waals surface area contributed by atoms with Crippen molar-refractivity contribution in [2.24, 2.45) is 0 Å². The summed E-state index contributed by atoms with van der Waals surface area (Å²) in [6, 6.07) is 10.3. The Morgan fingerprint density at radius 1 is 1.22 bits per heavy atom. The van der Waals surface area contributed by atoms with E-state index < -0.39 is 0 Å². The molecule has 98 valence electrons. The van der Waals surface area contributed by atoms with E-state index in [0.29, 0.717) is 0 Å². The number of hydrogen-bond donors (Lipinski definition) is 0. The van der Waals surface area contributed by atoms with E-state index in [9.17, 15) is 0 Å². The lowest BCUT2D eigenvalue weighted by Crippen LogP contribution is -2.36. The molecule has 1 aromatic rings. The Morgan fingerprint density at radius 3 is 2.89 bits per heavy atom. The van der Waals surface area contributed by atoms with Gasteiger partial charge in [0.15, 0.2) is 0 Å². The van der Waals surface area contributed by atoms with Crippen molar-refractivity contribution in [1.82, 2.24) is 9.80 Å². The molecule has 18 heavy (non-hydrogen) atoms. The largest absolute Gasteiger partial charge is 0.299 e. The summed E-state index contributed by atoms with van der Waals surface area (Å²) in [7, 11) is 2.31. The van der Waals surface area contributed by atoms with Crippen molar-refractivity contribution in [3.05, 3.63) is 34.3 Å². The summed E-state index contributed by atoms with van der Waals surface area (Å²) in [5.74, 6) is 0. The minimum absolute atomic E-state index is 0.782. The lowest BCUT2D eigenvalue weighted by Gasteiger charge is -2.25. The van der Waals surface area contributed by atoms with Gasteiger partial charge in [0.25, 0.3) is 0 Å². The highest BCUT2D eigenvalue weighted by Gasteiger charge is 2.34. The Morgan fingerprint density at radius 2 is 2.06 bits per heavy atom. The topological polar surface area (TPSA) is 6.48 Å². The standard InChI is InChI=1S/C15H21BrN2/c1-17-14-5-6-15(17)11-18(8-7-14)10-12-3-2-4-13(16)9-12/h2-4,9,14-15H,5-8,10-11H2,1H3. The van der Waals surface area contributed by atoms with Gasteiger partial charge < -0.3 is 0 Å². The monoisotopic (exact) mass is 308 g/mol. The lowest BCUT2D eigenvalue weighted by molar-refractivity contribution is 0.214. The van der Waals surface area contributed by atoms with E-state index in [2.05, 4.69) is 57.0 Å². The minimum atomic E-state index is 0.782. The number of hydrogen-bond acceptors (Lipinski definition) is 2. The van der Waals surface area contributed by atoms with Gasteiger partial charge in [-0.15, -0.1) is 0 Å². The first kappa shape index (κ1) is 12.6. The highest BCUT2D eigenvalue weighted by Crippen LogP contribution is 2.29. The van der Waals surface area contributed by atoms with Crippen LogP contribution in [0.1, 0.15) is 24.8 Å². The number of fused-ring (bicyclic) bond motifs is 2. The molecule has 2 saturated heterocycles. The zero-order chi connectivity index (χ0) is 12.5. The molecule has 0 radical (unpaired) electrons. The van der Waals surface area contributed by atoms with Crippen LogP contribution in [0.2, 0.25) is 0 Å². The second-order valence-corrected chi connectivity index (χ2v) is 6.62. The van der Waals surface area contributed by atoms with E-state index in [0.717, 1.165) is 18.6 Å². The van der Waals surface area contributed by atoms with Gasteiger partial charge in [0.2, 0.25) is 0 Å². The molecule has 0 amide bonds. The molecule has 2 bridgehead atoms. The Labute approximate surface area is 118 Å². The summed E-state index contributed by atoms with van der Waals surface area (Å²) in [5, 5.41) is 0. The molecule has 0 N–H and O–H groups in total. The SMILES string of the molecule is CN1C2CCC1CN(Cc1cccc(Br)c1)CC2. The van der Waals surface area contributed by atoms with Crippen molar-refractivity contribution >= 4 is 15.9 Å². The number of rotatable bonds is 2. The highest BCUT2D eigenvalue weighted by molar-refractivity contribution is 9.10. The van der Waals surface area contributed by atoms with Crippen LogP contribution in [0.4, 0.5) is 0 Å². The summed E-state index contributed by atoms with van der Waals surface area (Å²) in [6.07, 6.45) is 4.13. The molecule has 2 nitrogen and oxygen atoms in total. The van der Waals surface area contributed by atoms with Crippen LogP contribution in [-0.4, -0.2) is 42.0 Å². The fourth-order valence-electron chi connectivity index (χ4n) is 3.42. The van der Waals surface area contributed by atoms with Crippen LogP contribution in [0, 0.1) is 0 Å². The molecule has 2 unspecified atom stereocenters. The summed E-state index contributed by atoms with van der Waals surface area (Å²) in [5.41, 5.74) is 1.42. The second-order valence-electron chi connectivity index (χ2n) is 5.70. The van der Waals surface area contributed by atoms with Gasteiger partial charge in [-0.05, 0) is 44.0 Å². The number of likely N-dealkylation sites (tertiary alicyclic amines) is 1. The maximum absolute atomic E-state index is 3.56. The van der Waals surface area contributed by atoms with Gasteiger partial charge in [-0.25, -0.2) is 0 Å². The van der Waals surface area contributed by atoms with Crippen molar-refractivity contribution in [2.75, 3.05) is 20.1 Å². The summed E-state index contributed by atoms with van der Waals surface area (Å²) < 4.78 is 1.19. The molecule has 3 rings (SSSR count). The smallest absolute Gasteiger partial charge is 0.0234 e. The summed E-state index contributed by atoms with van der Waals surface area (Å²) >= 11 is 3.56. The van der Waals surface area contributed by atoms with E-state index in [-0.39, 0.29) is 0 Å². The van der Waals surface area contributed by atoms with Gasteiger partial charge in [0.1, 0.15) is 0 Å².